The molecule has 0 aliphatic carbocycles. The molecule has 0 unspecified atom stereocenters. The van der Waals surface area contributed by atoms with Crippen LogP contribution in [0.15, 0.2) is 30.5 Å². The lowest BCUT2D eigenvalue weighted by molar-refractivity contribution is -0.389. The van der Waals surface area contributed by atoms with Crippen molar-refractivity contribution in [3.63, 3.8) is 0 Å². The third-order valence-electron chi connectivity index (χ3n) is 5.88. The molecular weight excluding hydrogens is 466 g/mol. The second-order valence-corrected chi connectivity index (χ2v) is 8.51. The minimum atomic E-state index is -0.989. The molecule has 3 aromatic rings. The molecule has 34 heavy (non-hydrogen) atoms. The van der Waals surface area contributed by atoms with Gasteiger partial charge in [-0.15, -0.1) is 0 Å². The molecule has 9 nitrogen and oxygen atoms in total. The Morgan fingerprint density at radius 3 is 2.76 bits per heavy atom. The molecule has 0 bridgehead atoms. The first-order valence-electron chi connectivity index (χ1n) is 10.3. The molecule has 2 aliphatic rings. The number of hydrogen-bond acceptors (Lipinski definition) is 7. The number of nitriles is 1. The fourth-order valence-corrected chi connectivity index (χ4v) is 4.45. The monoisotopic (exact) mass is 486 g/mol. The van der Waals surface area contributed by atoms with Gasteiger partial charge in [0, 0.05) is 42.3 Å². The molecule has 0 amide bonds. The van der Waals surface area contributed by atoms with E-state index in [-0.39, 0.29) is 30.9 Å². The second kappa shape index (κ2) is 8.66. The molecule has 1 atom stereocenters. The van der Waals surface area contributed by atoms with Crippen LogP contribution in [0.1, 0.15) is 23.7 Å². The van der Waals surface area contributed by atoms with Crippen LogP contribution in [0.2, 0.25) is 0 Å². The van der Waals surface area contributed by atoms with E-state index in [2.05, 4.69) is 20.9 Å². The average Bonchev–Trinajstić information content (AvgIpc) is 3.29. The van der Waals surface area contributed by atoms with Gasteiger partial charge in [0.2, 0.25) is 0 Å². The molecule has 0 radical (unpaired) electrons. The number of nitro groups is 1. The SMILES string of the molecule is C[C@]1(CN2CCc3nc(-c4ccc(F)c(F)c4)c(C#N)cc3C2)Cn2cc([N+](=O)[O-])nc2O1.S. The van der Waals surface area contributed by atoms with E-state index in [1.807, 2.05) is 6.92 Å². The zero-order chi connectivity index (χ0) is 23.3. The van der Waals surface area contributed by atoms with Crippen LogP contribution in [0.3, 0.4) is 0 Å². The van der Waals surface area contributed by atoms with Gasteiger partial charge in [0.25, 0.3) is 0 Å². The van der Waals surface area contributed by atoms with Gasteiger partial charge >= 0.3 is 11.8 Å². The standard InChI is InChI=1S/C22H18F2N6O3.H2S/c1-22(12-29-10-19(30(31)32)27-21(29)33-22)11-28-5-4-18-15(9-28)6-14(8-25)20(26-18)13-2-3-16(23)17(24)7-13;/h2-3,6-7,10H,4-5,9,11-12H2,1H3;1H2/t22-;/m0./s1. The van der Waals surface area contributed by atoms with Crippen LogP contribution in [-0.4, -0.2) is 43.0 Å². The lowest BCUT2D eigenvalue weighted by Crippen LogP contribution is -2.46. The molecule has 0 spiro atoms. The number of imidazole rings is 1. The summed E-state index contributed by atoms with van der Waals surface area (Å²) in [6, 6.07) is 7.57. The lowest BCUT2D eigenvalue weighted by atomic mass is 9.97. The highest BCUT2D eigenvalue weighted by Crippen LogP contribution is 2.33. The average molecular weight is 487 g/mol. The highest BCUT2D eigenvalue weighted by atomic mass is 32.1. The van der Waals surface area contributed by atoms with Crippen molar-refractivity contribution in [2.75, 3.05) is 13.1 Å². The van der Waals surface area contributed by atoms with Crippen molar-refractivity contribution >= 4 is 19.3 Å². The molecule has 0 fully saturated rings. The largest absolute Gasteiger partial charge is 0.436 e. The van der Waals surface area contributed by atoms with Gasteiger partial charge in [-0.1, -0.05) is 0 Å². The summed E-state index contributed by atoms with van der Waals surface area (Å²) in [5.41, 5.74) is 2.07. The van der Waals surface area contributed by atoms with Crippen LogP contribution < -0.4 is 4.74 Å². The third-order valence-corrected chi connectivity index (χ3v) is 5.88. The minimum Gasteiger partial charge on any atom is -0.436 e. The predicted molar refractivity (Wildman–Crippen MR) is 122 cm³/mol. The summed E-state index contributed by atoms with van der Waals surface area (Å²) in [6.45, 7) is 4.13. The summed E-state index contributed by atoms with van der Waals surface area (Å²) < 4.78 is 34.6. The van der Waals surface area contributed by atoms with Crippen molar-refractivity contribution in [3.05, 3.63) is 69.0 Å². The molecule has 0 N–H and O–H groups in total. The number of pyridine rings is 1. The van der Waals surface area contributed by atoms with Gasteiger partial charge in [-0.05, 0) is 41.7 Å². The van der Waals surface area contributed by atoms with Crippen molar-refractivity contribution in [1.82, 2.24) is 19.4 Å². The van der Waals surface area contributed by atoms with E-state index in [4.69, 9.17) is 4.74 Å². The van der Waals surface area contributed by atoms with Gasteiger partial charge in [0.15, 0.2) is 11.6 Å². The fraction of sp³-hybridized carbons (Fsp3) is 0.318. The molecule has 2 aliphatic heterocycles. The molecule has 2 aromatic heterocycles. The van der Waals surface area contributed by atoms with Crippen LogP contribution in [0, 0.1) is 33.1 Å². The Bertz CT molecular complexity index is 1320. The van der Waals surface area contributed by atoms with Gasteiger partial charge in [-0.3, -0.25) is 14.5 Å². The first-order valence-corrected chi connectivity index (χ1v) is 10.3. The van der Waals surface area contributed by atoms with Gasteiger partial charge in [0.05, 0.1) is 17.8 Å². The maximum atomic E-state index is 13.7. The molecule has 0 saturated heterocycles. The number of halogens is 2. The van der Waals surface area contributed by atoms with Crippen molar-refractivity contribution in [2.24, 2.45) is 0 Å². The highest BCUT2D eigenvalue weighted by Gasteiger charge is 2.42. The van der Waals surface area contributed by atoms with Crippen molar-refractivity contribution in [1.29, 1.82) is 5.26 Å². The maximum absolute atomic E-state index is 13.7. The Labute approximate surface area is 200 Å². The van der Waals surface area contributed by atoms with E-state index in [1.54, 1.807) is 10.6 Å². The Morgan fingerprint density at radius 2 is 2.09 bits per heavy atom. The lowest BCUT2D eigenvalue weighted by Gasteiger charge is -2.34. The Hall–Kier alpha value is -3.56. The van der Waals surface area contributed by atoms with E-state index in [0.717, 1.165) is 23.4 Å². The van der Waals surface area contributed by atoms with Gasteiger partial charge in [-0.25, -0.2) is 8.78 Å². The Morgan fingerprint density at radius 1 is 1.29 bits per heavy atom. The topological polar surface area (TPSA) is 110 Å². The Balaban J connectivity index is 0.00000274. The number of benzene rings is 1. The number of hydrogen-bond donors (Lipinski definition) is 0. The summed E-state index contributed by atoms with van der Waals surface area (Å²) >= 11 is 0. The van der Waals surface area contributed by atoms with Crippen molar-refractivity contribution < 1.29 is 18.4 Å². The van der Waals surface area contributed by atoms with Crippen LogP contribution in [0.4, 0.5) is 14.6 Å². The summed E-state index contributed by atoms with van der Waals surface area (Å²) in [5, 5.41) is 20.5. The number of ether oxygens (including phenoxy) is 1. The maximum Gasteiger partial charge on any atom is 0.415 e. The van der Waals surface area contributed by atoms with Gasteiger partial charge < -0.3 is 14.9 Å². The Kier molecular flexibility index (Phi) is 6.01. The van der Waals surface area contributed by atoms with Crippen molar-refractivity contribution in [3.8, 4) is 23.3 Å². The molecule has 4 heterocycles. The zero-order valence-electron chi connectivity index (χ0n) is 18.1. The first-order chi connectivity index (χ1) is 15.7. The van der Waals surface area contributed by atoms with E-state index in [0.29, 0.717) is 43.9 Å². The second-order valence-electron chi connectivity index (χ2n) is 8.51. The normalized spacial score (nSPS) is 18.9. The van der Waals surface area contributed by atoms with Crippen LogP contribution in [-0.2, 0) is 19.5 Å². The molecular formula is C22H20F2N6O3S. The smallest absolute Gasteiger partial charge is 0.415 e. The summed E-state index contributed by atoms with van der Waals surface area (Å²) in [5.74, 6) is -2.19. The number of rotatable bonds is 4. The molecule has 5 rings (SSSR count). The summed E-state index contributed by atoms with van der Waals surface area (Å²) in [6.07, 6.45) is 1.98. The van der Waals surface area contributed by atoms with E-state index in [1.165, 1.54) is 12.3 Å². The van der Waals surface area contributed by atoms with Crippen molar-refractivity contribution in [2.45, 2.75) is 32.0 Å². The predicted octanol–water partition coefficient (Wildman–Crippen LogP) is 3.33. The summed E-state index contributed by atoms with van der Waals surface area (Å²) in [4.78, 5) is 21.0. The van der Waals surface area contributed by atoms with E-state index >= 15 is 0 Å². The number of fused-ring (bicyclic) bond motifs is 2. The molecule has 12 heteroatoms. The third kappa shape index (κ3) is 4.20. The van der Waals surface area contributed by atoms with E-state index < -0.39 is 22.2 Å². The zero-order valence-corrected chi connectivity index (χ0v) is 19.1. The number of aromatic nitrogens is 3. The summed E-state index contributed by atoms with van der Waals surface area (Å²) in [7, 11) is 0. The van der Waals surface area contributed by atoms with Crippen LogP contribution >= 0.6 is 13.5 Å². The fourth-order valence-electron chi connectivity index (χ4n) is 4.45. The van der Waals surface area contributed by atoms with Crippen LogP contribution in [0.25, 0.3) is 11.3 Å². The molecule has 176 valence electrons. The molecule has 0 saturated carbocycles. The van der Waals surface area contributed by atoms with Gasteiger partial charge in [-0.2, -0.15) is 18.8 Å². The number of nitrogens with zero attached hydrogens (tertiary/aromatic N) is 6. The van der Waals surface area contributed by atoms with Crippen LogP contribution in [0.5, 0.6) is 6.01 Å². The first kappa shape index (κ1) is 23.6. The quantitative estimate of drug-likeness (QED) is 0.411. The van der Waals surface area contributed by atoms with E-state index in [9.17, 15) is 24.2 Å². The molecule has 1 aromatic carbocycles. The van der Waals surface area contributed by atoms with Gasteiger partial charge in [0.1, 0.15) is 17.9 Å². The highest BCUT2D eigenvalue weighted by molar-refractivity contribution is 7.59. The minimum absolute atomic E-state index is 0.